The molecule has 1 aliphatic rings. The molecule has 2 aromatic carbocycles. The van der Waals surface area contributed by atoms with Gasteiger partial charge in [0, 0.05) is 23.8 Å². The van der Waals surface area contributed by atoms with E-state index in [0.29, 0.717) is 5.56 Å². The Bertz CT molecular complexity index is 809. The number of imidazole rings is 1. The molecule has 3 aromatic rings. The van der Waals surface area contributed by atoms with Gasteiger partial charge in [0.25, 0.3) is 5.91 Å². The van der Waals surface area contributed by atoms with Crippen LogP contribution in [-0.2, 0) is 0 Å². The van der Waals surface area contributed by atoms with Crippen molar-refractivity contribution in [2.24, 2.45) is 0 Å². The largest absolute Gasteiger partial charge is 0.361 e. The molecule has 2 N–H and O–H groups in total. The Hall–Kier alpha value is -3.08. The van der Waals surface area contributed by atoms with Crippen LogP contribution in [0.4, 0.5) is 5.69 Å². The monoisotopic (exact) mass is 290 g/mol. The van der Waals surface area contributed by atoms with Crippen molar-refractivity contribution in [3.8, 4) is 5.69 Å². The molecule has 0 radical (unpaired) electrons. The molecule has 5 nitrogen and oxygen atoms in total. The summed E-state index contributed by atoms with van der Waals surface area (Å²) in [5, 5.41) is 6.32. The van der Waals surface area contributed by atoms with Crippen molar-refractivity contribution in [3.05, 3.63) is 78.4 Å². The summed E-state index contributed by atoms with van der Waals surface area (Å²) in [6.07, 6.45) is 5.17. The van der Waals surface area contributed by atoms with E-state index in [4.69, 9.17) is 0 Å². The van der Waals surface area contributed by atoms with Crippen LogP contribution in [0.5, 0.6) is 0 Å². The number of rotatable bonds is 2. The highest BCUT2D eigenvalue weighted by atomic mass is 16.2. The first-order valence-electron chi connectivity index (χ1n) is 7.06. The molecule has 1 aromatic heterocycles. The van der Waals surface area contributed by atoms with Crippen LogP contribution in [0.25, 0.3) is 5.69 Å². The molecule has 1 amide bonds. The molecule has 1 unspecified atom stereocenters. The number of nitrogens with zero attached hydrogens (tertiary/aromatic N) is 2. The van der Waals surface area contributed by atoms with Gasteiger partial charge in [-0.1, -0.05) is 24.3 Å². The van der Waals surface area contributed by atoms with Crippen LogP contribution >= 0.6 is 0 Å². The molecule has 0 bridgehead atoms. The van der Waals surface area contributed by atoms with Crippen LogP contribution in [0.15, 0.2) is 67.3 Å². The van der Waals surface area contributed by atoms with E-state index in [-0.39, 0.29) is 12.1 Å². The lowest BCUT2D eigenvalue weighted by atomic mass is 10.1. The fourth-order valence-electron chi connectivity index (χ4n) is 2.62. The summed E-state index contributed by atoms with van der Waals surface area (Å²) in [6.45, 7) is 0. The number of hydrogen-bond donors (Lipinski definition) is 2. The fraction of sp³-hybridized carbons (Fsp3) is 0.0588. The summed E-state index contributed by atoms with van der Waals surface area (Å²) in [5.74, 6) is -0.0574. The van der Waals surface area contributed by atoms with Gasteiger partial charge in [0.2, 0.25) is 0 Å². The van der Waals surface area contributed by atoms with Crippen molar-refractivity contribution < 1.29 is 4.79 Å². The average molecular weight is 290 g/mol. The zero-order valence-corrected chi connectivity index (χ0v) is 11.7. The van der Waals surface area contributed by atoms with Crippen molar-refractivity contribution in [1.82, 2.24) is 14.9 Å². The molecule has 2 heterocycles. The predicted molar refractivity (Wildman–Crippen MR) is 83.8 cm³/mol. The molecule has 0 saturated carbocycles. The molecule has 0 aliphatic carbocycles. The van der Waals surface area contributed by atoms with Gasteiger partial charge in [-0.2, -0.15) is 0 Å². The second-order valence-corrected chi connectivity index (χ2v) is 5.16. The number of anilines is 1. The Morgan fingerprint density at radius 1 is 1.00 bits per heavy atom. The van der Waals surface area contributed by atoms with Crippen molar-refractivity contribution in [1.29, 1.82) is 0 Å². The van der Waals surface area contributed by atoms with E-state index in [1.807, 2.05) is 59.3 Å². The Balaban J connectivity index is 1.62. The van der Waals surface area contributed by atoms with E-state index in [0.717, 1.165) is 16.9 Å². The lowest BCUT2D eigenvalue weighted by molar-refractivity contribution is 0.0935. The maximum Gasteiger partial charge on any atom is 0.255 e. The highest BCUT2D eigenvalue weighted by molar-refractivity contribution is 6.01. The van der Waals surface area contributed by atoms with Crippen molar-refractivity contribution in [2.45, 2.75) is 6.17 Å². The summed E-state index contributed by atoms with van der Waals surface area (Å²) in [4.78, 5) is 16.2. The molecule has 0 spiro atoms. The van der Waals surface area contributed by atoms with Crippen LogP contribution in [-0.4, -0.2) is 15.5 Å². The Kier molecular flexibility index (Phi) is 2.89. The number of hydrogen-bond acceptors (Lipinski definition) is 3. The first kappa shape index (κ1) is 12.6. The Labute approximate surface area is 127 Å². The Morgan fingerprint density at radius 3 is 2.59 bits per heavy atom. The fourth-order valence-corrected chi connectivity index (χ4v) is 2.62. The molecule has 0 saturated heterocycles. The van der Waals surface area contributed by atoms with Gasteiger partial charge in [-0.15, -0.1) is 0 Å². The van der Waals surface area contributed by atoms with Gasteiger partial charge in [-0.05, 0) is 29.8 Å². The molecule has 1 atom stereocenters. The predicted octanol–water partition coefficient (Wildman–Crippen LogP) is 2.73. The maximum atomic E-state index is 12.2. The number of para-hydroxylation sites is 1. The number of fused-ring (bicyclic) bond motifs is 1. The molecule has 108 valence electrons. The highest BCUT2D eigenvalue weighted by Crippen LogP contribution is 2.26. The first-order valence-corrected chi connectivity index (χ1v) is 7.06. The van der Waals surface area contributed by atoms with Gasteiger partial charge in [-0.25, -0.2) is 4.98 Å². The molecule has 0 fully saturated rings. The van der Waals surface area contributed by atoms with E-state index in [9.17, 15) is 4.79 Å². The molecular formula is C17H14N4O. The van der Waals surface area contributed by atoms with Crippen LogP contribution < -0.4 is 10.6 Å². The van der Waals surface area contributed by atoms with Gasteiger partial charge >= 0.3 is 0 Å². The second kappa shape index (κ2) is 5.04. The third-order valence-corrected chi connectivity index (χ3v) is 3.78. The van der Waals surface area contributed by atoms with Crippen molar-refractivity contribution in [3.63, 3.8) is 0 Å². The summed E-state index contributed by atoms with van der Waals surface area (Å²) in [6, 6.07) is 15.5. The van der Waals surface area contributed by atoms with Gasteiger partial charge in [0.15, 0.2) is 0 Å². The topological polar surface area (TPSA) is 59.0 Å². The van der Waals surface area contributed by atoms with Gasteiger partial charge < -0.3 is 15.2 Å². The summed E-state index contributed by atoms with van der Waals surface area (Å²) < 4.78 is 1.94. The molecule has 1 aliphatic heterocycles. The lowest BCUT2D eigenvalue weighted by Gasteiger charge is -2.28. The van der Waals surface area contributed by atoms with Crippen molar-refractivity contribution in [2.75, 3.05) is 5.32 Å². The van der Waals surface area contributed by atoms with Crippen LogP contribution in [0.3, 0.4) is 0 Å². The smallest absolute Gasteiger partial charge is 0.255 e. The maximum absolute atomic E-state index is 12.2. The summed E-state index contributed by atoms with van der Waals surface area (Å²) in [7, 11) is 0. The second-order valence-electron chi connectivity index (χ2n) is 5.16. The molecule has 5 heteroatoms. The van der Waals surface area contributed by atoms with E-state index in [2.05, 4.69) is 15.6 Å². The van der Waals surface area contributed by atoms with Crippen molar-refractivity contribution >= 4 is 11.6 Å². The van der Waals surface area contributed by atoms with Crippen LogP contribution in [0.1, 0.15) is 22.1 Å². The number of nitrogens with one attached hydrogen (secondary N) is 2. The summed E-state index contributed by atoms with van der Waals surface area (Å²) in [5.41, 5.74) is 3.57. The minimum atomic E-state index is -0.223. The normalized spacial score (nSPS) is 16.5. The SMILES string of the molecule is O=C1NC(c2ccc(-n3ccnc3)cc2)Nc2ccccc21. The standard InChI is InChI=1S/C17H14N4O/c22-17-14-3-1-2-4-15(14)19-16(20-17)12-5-7-13(8-6-12)21-10-9-18-11-21/h1-11,16,19H,(H,20,22). The quantitative estimate of drug-likeness (QED) is 0.763. The highest BCUT2D eigenvalue weighted by Gasteiger charge is 2.23. The molecular weight excluding hydrogens is 276 g/mol. The number of carbonyl (C=O) groups is 1. The zero-order valence-electron chi connectivity index (χ0n) is 11.7. The van der Waals surface area contributed by atoms with Gasteiger partial charge in [-0.3, -0.25) is 4.79 Å². The first-order chi connectivity index (χ1) is 10.8. The van der Waals surface area contributed by atoms with E-state index in [1.165, 1.54) is 0 Å². The summed E-state index contributed by atoms with van der Waals surface area (Å²) >= 11 is 0. The third-order valence-electron chi connectivity index (χ3n) is 3.78. The third kappa shape index (κ3) is 2.13. The number of aromatic nitrogens is 2. The van der Waals surface area contributed by atoms with Crippen LogP contribution in [0, 0.1) is 0 Å². The lowest BCUT2D eigenvalue weighted by Crippen LogP contribution is -2.38. The van der Waals surface area contributed by atoms with E-state index in [1.54, 1.807) is 12.5 Å². The van der Waals surface area contributed by atoms with E-state index >= 15 is 0 Å². The van der Waals surface area contributed by atoms with Gasteiger partial charge in [0.05, 0.1) is 11.9 Å². The van der Waals surface area contributed by atoms with Crippen LogP contribution in [0.2, 0.25) is 0 Å². The molecule has 4 rings (SSSR count). The van der Waals surface area contributed by atoms with E-state index < -0.39 is 0 Å². The number of benzene rings is 2. The zero-order chi connectivity index (χ0) is 14.9. The average Bonchev–Trinajstić information content (AvgIpc) is 3.09. The number of carbonyl (C=O) groups excluding carboxylic acids is 1. The Morgan fingerprint density at radius 2 is 1.82 bits per heavy atom. The number of amides is 1. The minimum absolute atomic E-state index is 0.0574. The van der Waals surface area contributed by atoms with Gasteiger partial charge in [0.1, 0.15) is 6.17 Å². The minimum Gasteiger partial charge on any atom is -0.361 e. The molecule has 22 heavy (non-hydrogen) atoms.